The molecule has 3 fully saturated rings. The van der Waals surface area contributed by atoms with Gasteiger partial charge in [-0.15, -0.1) is 0 Å². The maximum Gasteiger partial charge on any atom is 0.313 e. The Bertz CT molecular complexity index is 210. The zero-order valence-electron chi connectivity index (χ0n) is 7.57. The van der Waals surface area contributed by atoms with Crippen LogP contribution in [0.1, 0.15) is 12.8 Å². The first-order chi connectivity index (χ1) is 6.18. The van der Waals surface area contributed by atoms with Crippen molar-refractivity contribution in [1.29, 1.82) is 0 Å². The van der Waals surface area contributed by atoms with Gasteiger partial charge in [-0.3, -0.25) is 4.90 Å². The summed E-state index contributed by atoms with van der Waals surface area (Å²) < 4.78 is 0. The smallest absolute Gasteiger partial charge is 0.313 e. The number of fused-ring (bicyclic) bond motifs is 3. The van der Waals surface area contributed by atoms with Gasteiger partial charge in [-0.25, -0.2) is 4.79 Å². The van der Waals surface area contributed by atoms with E-state index in [0.29, 0.717) is 5.92 Å². The summed E-state index contributed by atoms with van der Waals surface area (Å²) in [7, 11) is 0. The Hall–Kier alpha value is -0.810. The van der Waals surface area contributed by atoms with Crippen molar-refractivity contribution in [2.45, 2.75) is 25.0 Å². The Labute approximate surface area is 77.4 Å². The van der Waals surface area contributed by atoms with E-state index >= 15 is 0 Å². The maximum atomic E-state index is 10.7. The van der Waals surface area contributed by atoms with Crippen LogP contribution in [0.15, 0.2) is 0 Å². The number of hydrogen-bond donors (Lipinski definition) is 3. The van der Waals surface area contributed by atoms with Crippen LogP contribution in [0.2, 0.25) is 0 Å². The SMILES string of the molecule is NC(=O)NC1C(N)C2CCN1CC2. The molecule has 2 bridgehead atoms. The van der Waals surface area contributed by atoms with Crippen molar-refractivity contribution in [3.63, 3.8) is 0 Å². The molecule has 2 unspecified atom stereocenters. The average Bonchev–Trinajstić information content (AvgIpc) is 2.11. The topological polar surface area (TPSA) is 84.4 Å². The quantitative estimate of drug-likeness (QED) is 0.490. The maximum absolute atomic E-state index is 10.7. The van der Waals surface area contributed by atoms with Crippen molar-refractivity contribution in [2.24, 2.45) is 17.4 Å². The van der Waals surface area contributed by atoms with Gasteiger partial charge < -0.3 is 16.8 Å². The molecule has 5 nitrogen and oxygen atoms in total. The summed E-state index contributed by atoms with van der Waals surface area (Å²) in [6.07, 6.45) is 2.26. The fraction of sp³-hybridized carbons (Fsp3) is 0.875. The van der Waals surface area contributed by atoms with Crippen LogP contribution in [-0.4, -0.2) is 36.2 Å². The van der Waals surface area contributed by atoms with E-state index in [4.69, 9.17) is 11.5 Å². The van der Waals surface area contributed by atoms with Crippen LogP contribution in [-0.2, 0) is 0 Å². The van der Waals surface area contributed by atoms with Crippen molar-refractivity contribution in [3.8, 4) is 0 Å². The molecule has 0 radical (unpaired) electrons. The lowest BCUT2D eigenvalue weighted by molar-refractivity contribution is 0.0175. The molecule has 3 saturated heterocycles. The van der Waals surface area contributed by atoms with Gasteiger partial charge in [0, 0.05) is 19.1 Å². The standard InChI is InChI=1S/C8H16N4O/c9-6-5-1-3-12(4-2-5)7(6)11-8(10)13/h5-7H,1-4,9H2,(H3,10,11,13). The van der Waals surface area contributed by atoms with Crippen LogP contribution in [0.3, 0.4) is 0 Å². The van der Waals surface area contributed by atoms with E-state index in [2.05, 4.69) is 10.2 Å². The molecule has 0 saturated carbocycles. The fourth-order valence-corrected chi connectivity index (χ4v) is 2.42. The second-order valence-electron chi connectivity index (χ2n) is 3.90. The lowest BCUT2D eigenvalue weighted by Crippen LogP contribution is -2.67. The van der Waals surface area contributed by atoms with E-state index in [0.717, 1.165) is 25.9 Å². The predicted molar refractivity (Wildman–Crippen MR) is 48.8 cm³/mol. The van der Waals surface area contributed by atoms with Gasteiger partial charge in [0.1, 0.15) is 0 Å². The highest BCUT2D eigenvalue weighted by molar-refractivity contribution is 5.72. The number of piperidine rings is 3. The molecule has 5 N–H and O–H groups in total. The summed E-state index contributed by atoms with van der Waals surface area (Å²) in [5.41, 5.74) is 11.1. The summed E-state index contributed by atoms with van der Waals surface area (Å²) in [5, 5.41) is 2.70. The van der Waals surface area contributed by atoms with Crippen LogP contribution in [0.4, 0.5) is 4.79 Å². The van der Waals surface area contributed by atoms with Crippen molar-refractivity contribution < 1.29 is 4.79 Å². The molecule has 3 aliphatic rings. The minimum absolute atomic E-state index is 0.0370. The highest BCUT2D eigenvalue weighted by Gasteiger charge is 2.40. The van der Waals surface area contributed by atoms with E-state index in [9.17, 15) is 4.79 Å². The van der Waals surface area contributed by atoms with Crippen LogP contribution in [0.5, 0.6) is 0 Å². The first-order valence-electron chi connectivity index (χ1n) is 4.74. The normalized spacial score (nSPS) is 43.2. The molecule has 2 amide bonds. The molecule has 5 heteroatoms. The molecule has 0 aliphatic carbocycles. The number of carbonyl (C=O) groups is 1. The van der Waals surface area contributed by atoms with E-state index in [-0.39, 0.29) is 12.2 Å². The highest BCUT2D eigenvalue weighted by Crippen LogP contribution is 2.29. The van der Waals surface area contributed by atoms with E-state index in [1.54, 1.807) is 0 Å². The predicted octanol–water partition coefficient (Wildman–Crippen LogP) is -0.966. The minimum atomic E-state index is -0.479. The second kappa shape index (κ2) is 3.16. The number of nitrogens with zero attached hydrogens (tertiary/aromatic N) is 1. The van der Waals surface area contributed by atoms with Gasteiger partial charge in [0.25, 0.3) is 0 Å². The van der Waals surface area contributed by atoms with Gasteiger partial charge in [0.05, 0.1) is 6.17 Å². The first kappa shape index (κ1) is 8.77. The number of hydrogen-bond acceptors (Lipinski definition) is 3. The molecule has 0 aromatic heterocycles. The van der Waals surface area contributed by atoms with Gasteiger partial charge in [0.2, 0.25) is 0 Å². The molecule has 3 aliphatic heterocycles. The Balaban J connectivity index is 2.05. The van der Waals surface area contributed by atoms with Crippen molar-refractivity contribution in [2.75, 3.05) is 13.1 Å². The summed E-state index contributed by atoms with van der Waals surface area (Å²) >= 11 is 0. The van der Waals surface area contributed by atoms with Crippen LogP contribution in [0, 0.1) is 5.92 Å². The molecule has 74 valence electrons. The number of nitrogens with two attached hydrogens (primary N) is 2. The highest BCUT2D eigenvalue weighted by atomic mass is 16.2. The van der Waals surface area contributed by atoms with Gasteiger partial charge in [-0.1, -0.05) is 0 Å². The first-order valence-corrected chi connectivity index (χ1v) is 4.74. The molecule has 3 rings (SSSR count). The van der Waals surface area contributed by atoms with E-state index < -0.39 is 6.03 Å². The second-order valence-corrected chi connectivity index (χ2v) is 3.90. The third kappa shape index (κ3) is 1.49. The number of carbonyl (C=O) groups excluding carboxylic acids is 1. The molecule has 0 spiro atoms. The van der Waals surface area contributed by atoms with Crippen LogP contribution < -0.4 is 16.8 Å². The van der Waals surface area contributed by atoms with Crippen molar-refractivity contribution >= 4 is 6.03 Å². The van der Waals surface area contributed by atoms with Crippen LogP contribution in [0.25, 0.3) is 0 Å². The zero-order valence-corrected chi connectivity index (χ0v) is 7.57. The number of urea groups is 1. The summed E-state index contributed by atoms with van der Waals surface area (Å²) in [6, 6.07) is -0.428. The Kier molecular flexibility index (Phi) is 2.13. The van der Waals surface area contributed by atoms with Gasteiger partial charge in [-0.05, 0) is 18.8 Å². The third-order valence-electron chi connectivity index (χ3n) is 3.17. The molecule has 13 heavy (non-hydrogen) atoms. The molecule has 2 atom stereocenters. The number of rotatable bonds is 1. The van der Waals surface area contributed by atoms with Crippen molar-refractivity contribution in [1.82, 2.24) is 10.2 Å². The minimum Gasteiger partial charge on any atom is -0.352 e. The number of amides is 2. The van der Waals surface area contributed by atoms with Gasteiger partial charge >= 0.3 is 6.03 Å². The number of primary amides is 1. The molecule has 0 aromatic rings. The Morgan fingerprint density at radius 1 is 1.38 bits per heavy atom. The summed E-state index contributed by atoms with van der Waals surface area (Å²) in [6.45, 7) is 2.06. The lowest BCUT2D eigenvalue weighted by atomic mass is 9.82. The Morgan fingerprint density at radius 3 is 2.46 bits per heavy atom. The lowest BCUT2D eigenvalue weighted by Gasteiger charge is -2.49. The average molecular weight is 184 g/mol. The monoisotopic (exact) mass is 184 g/mol. The molecular formula is C8H16N4O. The third-order valence-corrected chi connectivity index (χ3v) is 3.17. The summed E-state index contributed by atoms with van der Waals surface area (Å²) in [5.74, 6) is 0.557. The molecule has 3 heterocycles. The van der Waals surface area contributed by atoms with E-state index in [1.807, 2.05) is 0 Å². The zero-order chi connectivity index (χ0) is 9.42. The van der Waals surface area contributed by atoms with E-state index in [1.165, 1.54) is 0 Å². The largest absolute Gasteiger partial charge is 0.352 e. The Morgan fingerprint density at radius 2 is 2.00 bits per heavy atom. The van der Waals surface area contributed by atoms with Gasteiger partial charge in [-0.2, -0.15) is 0 Å². The number of nitrogens with one attached hydrogen (secondary N) is 1. The summed E-state index contributed by atoms with van der Waals surface area (Å²) in [4.78, 5) is 12.9. The molecular weight excluding hydrogens is 168 g/mol. The molecule has 0 aromatic carbocycles. The van der Waals surface area contributed by atoms with Crippen LogP contribution >= 0.6 is 0 Å². The van der Waals surface area contributed by atoms with Crippen molar-refractivity contribution in [3.05, 3.63) is 0 Å². The fourth-order valence-electron chi connectivity index (χ4n) is 2.42. The van der Waals surface area contributed by atoms with Gasteiger partial charge in [0.15, 0.2) is 0 Å².